The van der Waals surface area contributed by atoms with Crippen molar-refractivity contribution < 1.29 is 14.0 Å². The van der Waals surface area contributed by atoms with Crippen molar-refractivity contribution in [3.63, 3.8) is 0 Å². The van der Waals surface area contributed by atoms with Gasteiger partial charge in [-0.05, 0) is 50.6 Å². The molecule has 0 saturated carbocycles. The second-order valence-electron chi connectivity index (χ2n) is 7.73. The Hall–Kier alpha value is -2.77. The van der Waals surface area contributed by atoms with E-state index in [4.69, 9.17) is 0 Å². The van der Waals surface area contributed by atoms with Gasteiger partial charge in [-0.2, -0.15) is 0 Å². The number of hydrogen-bond acceptors (Lipinski definition) is 4. The molecule has 2 unspecified atom stereocenters. The van der Waals surface area contributed by atoms with Crippen molar-refractivity contribution in [3.8, 4) is 0 Å². The van der Waals surface area contributed by atoms with Crippen LogP contribution in [0.25, 0.3) is 0 Å². The molecule has 30 heavy (non-hydrogen) atoms. The van der Waals surface area contributed by atoms with Gasteiger partial charge in [0.2, 0.25) is 11.8 Å². The van der Waals surface area contributed by atoms with E-state index in [1.165, 1.54) is 12.1 Å². The van der Waals surface area contributed by atoms with Crippen LogP contribution in [0.5, 0.6) is 0 Å². The van der Waals surface area contributed by atoms with Gasteiger partial charge in [0.05, 0.1) is 12.1 Å². The molecule has 3 rings (SSSR count). The Balaban J connectivity index is 1.50. The van der Waals surface area contributed by atoms with E-state index >= 15 is 0 Å². The highest BCUT2D eigenvalue weighted by atomic mass is 19.1. The first-order valence-electron chi connectivity index (χ1n) is 10.3. The Labute approximate surface area is 177 Å². The zero-order valence-electron chi connectivity index (χ0n) is 17.7. The topological polar surface area (TPSA) is 64.7 Å². The third-order valence-corrected chi connectivity index (χ3v) is 5.70. The molecule has 160 valence electrons. The monoisotopic (exact) mass is 412 g/mol. The van der Waals surface area contributed by atoms with E-state index in [0.29, 0.717) is 31.9 Å². The second-order valence-corrected chi connectivity index (χ2v) is 7.73. The minimum absolute atomic E-state index is 0.0327. The zero-order chi connectivity index (χ0) is 21.7. The Morgan fingerprint density at radius 2 is 1.43 bits per heavy atom. The van der Waals surface area contributed by atoms with E-state index in [0.717, 1.165) is 11.3 Å². The van der Waals surface area contributed by atoms with Gasteiger partial charge in [0.15, 0.2) is 0 Å². The van der Waals surface area contributed by atoms with Crippen LogP contribution < -0.4 is 10.6 Å². The van der Waals surface area contributed by atoms with Crippen molar-refractivity contribution in [2.45, 2.75) is 32.9 Å². The van der Waals surface area contributed by atoms with Crippen molar-refractivity contribution in [1.29, 1.82) is 0 Å². The van der Waals surface area contributed by atoms with Crippen LogP contribution in [0.2, 0.25) is 0 Å². The quantitative estimate of drug-likeness (QED) is 0.765. The van der Waals surface area contributed by atoms with Crippen molar-refractivity contribution in [3.05, 3.63) is 59.9 Å². The first-order valence-corrected chi connectivity index (χ1v) is 10.3. The summed E-state index contributed by atoms with van der Waals surface area (Å²) in [4.78, 5) is 29.4. The first kappa shape index (κ1) is 21.9. The van der Waals surface area contributed by atoms with E-state index in [9.17, 15) is 14.0 Å². The van der Waals surface area contributed by atoms with Gasteiger partial charge < -0.3 is 10.6 Å². The fraction of sp³-hybridized carbons (Fsp3) is 0.391. The predicted octanol–water partition coefficient (Wildman–Crippen LogP) is 3.11. The Morgan fingerprint density at radius 3 is 2.00 bits per heavy atom. The highest BCUT2D eigenvalue weighted by Gasteiger charge is 2.29. The number of para-hydroxylation sites is 1. The molecule has 6 nitrogen and oxygen atoms in total. The number of carbonyl (C=O) groups excluding carboxylic acids is 2. The molecule has 0 aliphatic carbocycles. The Bertz CT molecular complexity index is 896. The third-order valence-electron chi connectivity index (χ3n) is 5.70. The Kier molecular flexibility index (Phi) is 7.18. The van der Waals surface area contributed by atoms with Gasteiger partial charge in [-0.3, -0.25) is 19.4 Å². The average molecular weight is 413 g/mol. The average Bonchev–Trinajstić information content (AvgIpc) is 2.74. The molecule has 2 N–H and O–H groups in total. The summed E-state index contributed by atoms with van der Waals surface area (Å²) in [5.41, 5.74) is 2.31. The summed E-state index contributed by atoms with van der Waals surface area (Å²) >= 11 is 0. The number of benzene rings is 2. The molecule has 0 spiro atoms. The molecule has 2 aromatic rings. The molecule has 0 bridgehead atoms. The van der Waals surface area contributed by atoms with Crippen molar-refractivity contribution in [1.82, 2.24) is 9.80 Å². The standard InChI is InChI=1S/C23H29FN4O2/c1-16-7-4-5-10-21(16)26-23(30)18(3)28-13-11-27(12-14-28)17(2)22(29)25-20-9-6-8-19(24)15-20/h4-10,15,17-18H,11-14H2,1-3H3,(H,25,29)(H,26,30). The lowest BCUT2D eigenvalue weighted by Crippen LogP contribution is -2.56. The summed E-state index contributed by atoms with van der Waals surface area (Å²) in [6.07, 6.45) is 0. The molecule has 1 saturated heterocycles. The molecular weight excluding hydrogens is 383 g/mol. The van der Waals surface area contributed by atoms with Gasteiger partial charge in [-0.15, -0.1) is 0 Å². The predicted molar refractivity (Wildman–Crippen MR) is 117 cm³/mol. The van der Waals surface area contributed by atoms with E-state index in [1.807, 2.05) is 45.0 Å². The molecule has 1 fully saturated rings. The normalized spacial score (nSPS) is 17.2. The van der Waals surface area contributed by atoms with Crippen molar-refractivity contribution in [2.75, 3.05) is 36.8 Å². The van der Waals surface area contributed by atoms with Crippen LogP contribution in [0, 0.1) is 12.7 Å². The van der Waals surface area contributed by atoms with Crippen LogP contribution in [0.4, 0.5) is 15.8 Å². The maximum Gasteiger partial charge on any atom is 0.241 e. The zero-order valence-corrected chi connectivity index (χ0v) is 17.7. The third kappa shape index (κ3) is 5.43. The number of nitrogens with one attached hydrogen (secondary N) is 2. The highest BCUT2D eigenvalue weighted by molar-refractivity contribution is 5.95. The van der Waals surface area contributed by atoms with Gasteiger partial charge in [-0.1, -0.05) is 24.3 Å². The fourth-order valence-electron chi connectivity index (χ4n) is 3.61. The molecule has 0 aromatic heterocycles. The molecule has 2 atom stereocenters. The van der Waals surface area contributed by atoms with Crippen molar-refractivity contribution >= 4 is 23.2 Å². The molecule has 7 heteroatoms. The van der Waals surface area contributed by atoms with Gasteiger partial charge in [0.1, 0.15) is 5.82 Å². The molecule has 0 radical (unpaired) electrons. The lowest BCUT2D eigenvalue weighted by Gasteiger charge is -2.39. The Morgan fingerprint density at radius 1 is 0.867 bits per heavy atom. The number of anilines is 2. The summed E-state index contributed by atoms with van der Waals surface area (Å²) in [7, 11) is 0. The number of amides is 2. The molecule has 2 aromatic carbocycles. The second kappa shape index (κ2) is 9.82. The maximum atomic E-state index is 13.3. The maximum absolute atomic E-state index is 13.3. The first-order chi connectivity index (χ1) is 14.3. The molecule has 1 aliphatic rings. The van der Waals surface area contributed by atoms with Crippen LogP contribution >= 0.6 is 0 Å². The van der Waals surface area contributed by atoms with Crippen LogP contribution in [0.3, 0.4) is 0 Å². The number of halogens is 1. The SMILES string of the molecule is Cc1ccccc1NC(=O)C(C)N1CCN(C(C)C(=O)Nc2cccc(F)c2)CC1. The number of carbonyl (C=O) groups is 2. The van der Waals surface area contributed by atoms with Gasteiger partial charge in [-0.25, -0.2) is 4.39 Å². The van der Waals surface area contributed by atoms with Crippen LogP contribution in [-0.4, -0.2) is 59.9 Å². The van der Waals surface area contributed by atoms with E-state index in [2.05, 4.69) is 20.4 Å². The summed E-state index contributed by atoms with van der Waals surface area (Å²) in [5.74, 6) is -0.582. The van der Waals surface area contributed by atoms with Gasteiger partial charge in [0.25, 0.3) is 0 Å². The lowest BCUT2D eigenvalue weighted by atomic mass is 10.1. The number of nitrogens with zero attached hydrogens (tertiary/aromatic N) is 2. The largest absolute Gasteiger partial charge is 0.325 e. The molecular formula is C23H29FN4O2. The van der Waals surface area contributed by atoms with Crippen LogP contribution in [0.1, 0.15) is 19.4 Å². The van der Waals surface area contributed by atoms with E-state index < -0.39 is 0 Å². The van der Waals surface area contributed by atoms with Crippen LogP contribution in [-0.2, 0) is 9.59 Å². The molecule has 2 amide bonds. The fourth-order valence-corrected chi connectivity index (χ4v) is 3.61. The van der Waals surface area contributed by atoms with Gasteiger partial charge in [0, 0.05) is 37.6 Å². The minimum atomic E-state index is -0.382. The number of aryl methyl sites for hydroxylation is 1. The highest BCUT2D eigenvalue weighted by Crippen LogP contribution is 2.16. The number of piperazine rings is 1. The number of rotatable bonds is 6. The minimum Gasteiger partial charge on any atom is -0.325 e. The van der Waals surface area contributed by atoms with E-state index in [-0.39, 0.29) is 29.7 Å². The molecule has 1 aliphatic heterocycles. The van der Waals surface area contributed by atoms with Gasteiger partial charge >= 0.3 is 0 Å². The van der Waals surface area contributed by atoms with Crippen molar-refractivity contribution in [2.24, 2.45) is 0 Å². The smallest absolute Gasteiger partial charge is 0.241 e. The summed E-state index contributed by atoms with van der Waals surface area (Å²) in [6, 6.07) is 13.0. The van der Waals surface area contributed by atoms with E-state index in [1.54, 1.807) is 12.1 Å². The molecule has 1 heterocycles. The van der Waals surface area contributed by atoms with Crippen LogP contribution in [0.15, 0.2) is 48.5 Å². The lowest BCUT2D eigenvalue weighted by molar-refractivity contribution is -0.124. The summed E-state index contributed by atoms with van der Waals surface area (Å²) in [6.45, 7) is 8.47. The summed E-state index contributed by atoms with van der Waals surface area (Å²) in [5, 5.41) is 5.77. The summed E-state index contributed by atoms with van der Waals surface area (Å²) < 4.78 is 13.3. The number of hydrogen-bond donors (Lipinski definition) is 2.